The van der Waals surface area contributed by atoms with Gasteiger partial charge >= 0.3 is 95.3 Å². The van der Waals surface area contributed by atoms with Crippen LogP contribution in [0.1, 0.15) is 139 Å². The van der Waals surface area contributed by atoms with Gasteiger partial charge in [-0.05, 0) is 73.2 Å². The third kappa shape index (κ3) is 17.8. The van der Waals surface area contributed by atoms with Crippen LogP contribution in [0.4, 0.5) is 149 Å². The lowest BCUT2D eigenvalue weighted by Gasteiger charge is -2.42. The van der Waals surface area contributed by atoms with E-state index in [9.17, 15) is 149 Å². The van der Waals surface area contributed by atoms with E-state index in [0.717, 1.165) is 88.5 Å². The highest BCUT2D eigenvalue weighted by Crippen LogP contribution is 2.66. The molecule has 0 aromatic heterocycles. The second kappa shape index (κ2) is 31.9. The molecule has 0 heterocycles. The number of hydrogen-bond donors (Lipinski definition) is 0. The van der Waals surface area contributed by atoms with Crippen LogP contribution < -0.4 is 18.9 Å². The van der Waals surface area contributed by atoms with Crippen LogP contribution in [0.25, 0.3) is 24.3 Å². The Morgan fingerprint density at radius 3 is 0.755 bits per heavy atom. The Kier molecular flexibility index (Phi) is 28.0. The quantitative estimate of drug-likeness (QED) is 0.0322. The lowest BCUT2D eigenvalue weighted by molar-refractivity contribution is -0.461. The molecule has 3 aromatic rings. The largest absolute Gasteiger partial charge is 0.494 e. The fourth-order valence-electron chi connectivity index (χ4n) is 8.63. The van der Waals surface area contributed by atoms with Gasteiger partial charge in [0.05, 0.1) is 26.4 Å². The Morgan fingerprint density at radius 1 is 0.255 bits per heavy atom. The summed E-state index contributed by atoms with van der Waals surface area (Å²) in [6, 6.07) is 12.7. The highest BCUT2D eigenvalue weighted by molar-refractivity contribution is 5.79. The SMILES string of the molecule is CCCCCCCCOc1cc(/C=C/c2ccc(OCCCC(F)(F)C(F)(F)C(F)(F)C(F)(F)C(F)(F)C(F)(F)C(F)(F)C(F)(F)F)cc2)c(OCCCCCCCC)cc1/C=C/c1ccc(OCCCC(F)(F)C(F)(F)C(F)(F)C(F)(F)C(F)(F)C(F)(F)C(F)(F)C(F)(F)F)cc1. The van der Waals surface area contributed by atoms with Crippen molar-refractivity contribution >= 4 is 24.3 Å². The molecule has 0 N–H and O–H groups in total. The lowest BCUT2D eigenvalue weighted by atomic mass is 9.88. The summed E-state index contributed by atoms with van der Waals surface area (Å²) in [5.41, 5.74) is 1.34. The molecule has 0 saturated heterocycles. The van der Waals surface area contributed by atoms with E-state index in [0.29, 0.717) is 35.1 Å². The van der Waals surface area contributed by atoms with E-state index in [-0.39, 0.29) is 36.2 Å². The van der Waals surface area contributed by atoms with Gasteiger partial charge in [-0.2, -0.15) is 149 Å². The van der Waals surface area contributed by atoms with Crippen molar-refractivity contribution in [1.29, 1.82) is 0 Å². The maximum absolute atomic E-state index is 14.5. The molecule has 0 bridgehead atoms. The van der Waals surface area contributed by atoms with Gasteiger partial charge in [0, 0.05) is 24.0 Å². The van der Waals surface area contributed by atoms with E-state index in [1.54, 1.807) is 12.1 Å². The molecule has 0 amide bonds. The zero-order valence-corrected chi connectivity index (χ0v) is 50.7. The summed E-state index contributed by atoms with van der Waals surface area (Å²) in [6.07, 6.45) is -8.33. The van der Waals surface area contributed by atoms with Crippen LogP contribution in [0.15, 0.2) is 60.7 Å². The van der Waals surface area contributed by atoms with Crippen LogP contribution in [0, 0.1) is 0 Å². The molecular formula is C60H60F34O4. The normalized spacial score (nSPS) is 14.7. The molecular weight excluding hydrogens is 1430 g/mol. The minimum atomic E-state index is -8.76. The third-order valence-electron chi connectivity index (χ3n) is 14.7. The Balaban J connectivity index is 1.88. The average Bonchev–Trinajstić information content (AvgIpc) is 0.703. The molecule has 0 unspecified atom stereocenters. The summed E-state index contributed by atoms with van der Waals surface area (Å²) >= 11 is 0. The molecule has 4 nitrogen and oxygen atoms in total. The van der Waals surface area contributed by atoms with E-state index in [4.69, 9.17) is 18.9 Å². The fourth-order valence-corrected chi connectivity index (χ4v) is 8.63. The molecule has 0 atom stereocenters. The fraction of sp³-hybridized carbons (Fsp3) is 0.633. The van der Waals surface area contributed by atoms with Crippen molar-refractivity contribution in [3.05, 3.63) is 82.9 Å². The van der Waals surface area contributed by atoms with Gasteiger partial charge in [0.15, 0.2) is 0 Å². The predicted octanol–water partition coefficient (Wildman–Crippen LogP) is 23.8. The highest BCUT2D eigenvalue weighted by atomic mass is 19.4. The number of hydrogen-bond acceptors (Lipinski definition) is 4. The standard InChI is InChI=1S/C60H60F34O4/c1-3-5-7-9-11-13-31-97-43-35-40(24-18-38-21-27-42(28-22-38)96-34-16-30-46(63,64)48(67,68)50(71,72)52(75,76)54(79,80)56(83,84)58(87,88)60(92,93)94)44(98-32-14-12-10-8-6-4-2)36-39(43)23-17-37-19-25-41(26-20-37)95-33-15-29-45(61,62)47(65,66)49(69,70)51(73,74)53(77,78)55(81,82)57(85,86)59(89,90)91/h17-28,35-36H,3-16,29-34H2,1-2H3/b23-17+,24-18+. The second-order valence-electron chi connectivity index (χ2n) is 22.2. The van der Waals surface area contributed by atoms with Crippen molar-refractivity contribution < 1.29 is 168 Å². The summed E-state index contributed by atoms with van der Waals surface area (Å²) in [4.78, 5) is 0. The van der Waals surface area contributed by atoms with Crippen LogP contribution in [-0.2, 0) is 0 Å². The minimum Gasteiger partial charge on any atom is -0.494 e. The molecule has 0 fully saturated rings. The average molecular weight is 1490 g/mol. The molecule has 0 aliphatic rings. The van der Waals surface area contributed by atoms with Crippen molar-refractivity contribution in [1.82, 2.24) is 0 Å². The van der Waals surface area contributed by atoms with Crippen LogP contribution >= 0.6 is 0 Å². The monoisotopic (exact) mass is 1490 g/mol. The maximum Gasteiger partial charge on any atom is 0.460 e. The van der Waals surface area contributed by atoms with Gasteiger partial charge in [-0.15, -0.1) is 0 Å². The van der Waals surface area contributed by atoms with Gasteiger partial charge < -0.3 is 18.9 Å². The molecule has 0 aliphatic heterocycles. The Bertz CT molecular complexity index is 2820. The molecule has 0 aliphatic carbocycles. The number of rotatable bonds is 42. The Hall–Kier alpha value is -6.04. The zero-order chi connectivity index (χ0) is 75.5. The molecule has 0 spiro atoms. The topological polar surface area (TPSA) is 36.9 Å². The van der Waals surface area contributed by atoms with Gasteiger partial charge in [0.2, 0.25) is 0 Å². The van der Waals surface area contributed by atoms with Crippen molar-refractivity contribution in [3.63, 3.8) is 0 Å². The van der Waals surface area contributed by atoms with Crippen molar-refractivity contribution in [2.45, 2.75) is 212 Å². The minimum absolute atomic E-state index is 0.156. The number of ether oxygens (including phenoxy) is 4. The summed E-state index contributed by atoms with van der Waals surface area (Å²) < 4.78 is 488. The molecule has 38 heteroatoms. The summed E-state index contributed by atoms with van der Waals surface area (Å²) in [6.45, 7) is 1.93. The van der Waals surface area contributed by atoms with Crippen molar-refractivity contribution in [3.8, 4) is 23.0 Å². The van der Waals surface area contributed by atoms with E-state index < -0.39 is 134 Å². The number of benzene rings is 3. The molecule has 3 aromatic carbocycles. The number of halogens is 34. The van der Waals surface area contributed by atoms with Crippen LogP contribution in [0.2, 0.25) is 0 Å². The molecule has 3 rings (SSSR count). The smallest absolute Gasteiger partial charge is 0.460 e. The first-order valence-corrected chi connectivity index (χ1v) is 29.1. The first-order chi connectivity index (χ1) is 44.5. The first-order valence-electron chi connectivity index (χ1n) is 29.1. The number of alkyl halides is 34. The lowest BCUT2D eigenvalue weighted by Crippen LogP contribution is -2.74. The Morgan fingerprint density at radius 2 is 0.490 bits per heavy atom. The number of unbranched alkanes of at least 4 members (excludes halogenated alkanes) is 10. The van der Waals surface area contributed by atoms with Crippen LogP contribution in [0.3, 0.4) is 0 Å². The third-order valence-corrected chi connectivity index (χ3v) is 14.7. The molecule has 0 radical (unpaired) electrons. The Labute approximate surface area is 536 Å². The second-order valence-corrected chi connectivity index (χ2v) is 22.2. The first kappa shape index (κ1) is 86.2. The van der Waals surface area contributed by atoms with Crippen LogP contribution in [0.5, 0.6) is 23.0 Å². The van der Waals surface area contributed by atoms with Crippen molar-refractivity contribution in [2.24, 2.45) is 0 Å². The summed E-state index contributed by atoms with van der Waals surface area (Å²) in [5.74, 6) is -115. The van der Waals surface area contributed by atoms with E-state index in [1.165, 1.54) is 48.6 Å². The van der Waals surface area contributed by atoms with Gasteiger partial charge in [-0.1, -0.05) is 127 Å². The maximum atomic E-state index is 14.5. The summed E-state index contributed by atoms with van der Waals surface area (Å²) in [5, 5.41) is 0. The molecule has 562 valence electrons. The van der Waals surface area contributed by atoms with Gasteiger partial charge in [-0.25, -0.2) is 0 Å². The van der Waals surface area contributed by atoms with Gasteiger partial charge in [-0.3, -0.25) is 0 Å². The van der Waals surface area contributed by atoms with E-state index in [2.05, 4.69) is 0 Å². The predicted molar refractivity (Wildman–Crippen MR) is 286 cm³/mol. The zero-order valence-electron chi connectivity index (χ0n) is 50.7. The molecule has 0 saturated carbocycles. The highest BCUT2D eigenvalue weighted by Gasteiger charge is 2.97. The van der Waals surface area contributed by atoms with E-state index >= 15 is 0 Å². The summed E-state index contributed by atoms with van der Waals surface area (Å²) in [7, 11) is 0. The van der Waals surface area contributed by atoms with Crippen molar-refractivity contribution in [2.75, 3.05) is 26.4 Å². The van der Waals surface area contributed by atoms with Crippen LogP contribution in [-0.4, -0.2) is 122 Å². The van der Waals surface area contributed by atoms with E-state index in [1.807, 2.05) is 13.8 Å². The molecule has 98 heavy (non-hydrogen) atoms. The van der Waals surface area contributed by atoms with Gasteiger partial charge in [0.1, 0.15) is 23.0 Å². The van der Waals surface area contributed by atoms with Gasteiger partial charge in [0.25, 0.3) is 0 Å².